The second-order valence-corrected chi connectivity index (χ2v) is 4.14. The van der Waals surface area contributed by atoms with E-state index in [9.17, 15) is 9.18 Å². The molecule has 0 amide bonds. The predicted octanol–water partition coefficient (Wildman–Crippen LogP) is 2.96. The molecule has 0 aliphatic rings. The van der Waals surface area contributed by atoms with E-state index in [1.165, 1.54) is 12.1 Å². The van der Waals surface area contributed by atoms with Gasteiger partial charge >= 0.3 is 5.97 Å². The van der Waals surface area contributed by atoms with Crippen molar-refractivity contribution in [3.63, 3.8) is 0 Å². The van der Waals surface area contributed by atoms with Crippen LogP contribution in [0.25, 0.3) is 0 Å². The van der Waals surface area contributed by atoms with Crippen LogP contribution in [0.5, 0.6) is 0 Å². The lowest BCUT2D eigenvalue weighted by molar-refractivity contribution is -0.133. The number of carboxylic acid groups (broad SMARTS) is 1. The second kappa shape index (κ2) is 4.66. The van der Waals surface area contributed by atoms with Crippen molar-refractivity contribution >= 4 is 29.3 Å². The SMILES string of the molecule is Cc1cc(Cl)c(SCC(=O)O)cc1F. The van der Waals surface area contributed by atoms with Crippen LogP contribution >= 0.6 is 23.4 Å². The van der Waals surface area contributed by atoms with Gasteiger partial charge in [-0.3, -0.25) is 4.79 Å². The zero-order valence-electron chi connectivity index (χ0n) is 7.38. The van der Waals surface area contributed by atoms with Crippen molar-refractivity contribution in [2.45, 2.75) is 11.8 Å². The topological polar surface area (TPSA) is 37.3 Å². The molecule has 2 nitrogen and oxygen atoms in total. The van der Waals surface area contributed by atoms with E-state index in [1.54, 1.807) is 6.92 Å². The third-order valence-corrected chi connectivity index (χ3v) is 3.03. The average molecular weight is 235 g/mol. The van der Waals surface area contributed by atoms with Gasteiger partial charge < -0.3 is 5.11 Å². The Morgan fingerprint density at radius 2 is 2.29 bits per heavy atom. The van der Waals surface area contributed by atoms with Gasteiger partial charge in [0.15, 0.2) is 0 Å². The summed E-state index contributed by atoms with van der Waals surface area (Å²) in [5.41, 5.74) is 0.453. The molecule has 76 valence electrons. The van der Waals surface area contributed by atoms with E-state index in [-0.39, 0.29) is 11.6 Å². The smallest absolute Gasteiger partial charge is 0.313 e. The van der Waals surface area contributed by atoms with Gasteiger partial charge in [0.05, 0.1) is 10.8 Å². The number of aliphatic carboxylic acids is 1. The molecule has 0 aliphatic carbocycles. The molecule has 0 atom stereocenters. The van der Waals surface area contributed by atoms with Crippen LogP contribution < -0.4 is 0 Å². The Morgan fingerprint density at radius 1 is 1.64 bits per heavy atom. The van der Waals surface area contributed by atoms with Crippen molar-refractivity contribution < 1.29 is 14.3 Å². The lowest BCUT2D eigenvalue weighted by Crippen LogP contribution is -1.98. The first-order valence-electron chi connectivity index (χ1n) is 3.81. The molecule has 0 saturated carbocycles. The molecule has 0 unspecified atom stereocenters. The van der Waals surface area contributed by atoms with Gasteiger partial charge in [0, 0.05) is 4.90 Å². The summed E-state index contributed by atoms with van der Waals surface area (Å²) >= 11 is 6.81. The Hall–Kier alpha value is -0.740. The fourth-order valence-electron chi connectivity index (χ4n) is 0.878. The fourth-order valence-corrected chi connectivity index (χ4v) is 1.92. The van der Waals surface area contributed by atoms with E-state index < -0.39 is 5.97 Å². The Labute approximate surface area is 90.1 Å². The number of thioether (sulfide) groups is 1. The highest BCUT2D eigenvalue weighted by atomic mass is 35.5. The number of hydrogen-bond acceptors (Lipinski definition) is 2. The van der Waals surface area contributed by atoms with E-state index in [2.05, 4.69) is 0 Å². The van der Waals surface area contributed by atoms with E-state index in [4.69, 9.17) is 16.7 Å². The minimum Gasteiger partial charge on any atom is -0.481 e. The average Bonchev–Trinajstić information content (AvgIpc) is 2.09. The van der Waals surface area contributed by atoms with Gasteiger partial charge in [-0.25, -0.2) is 4.39 Å². The number of carbonyl (C=O) groups is 1. The third kappa shape index (κ3) is 2.89. The van der Waals surface area contributed by atoms with Crippen LogP contribution in [-0.2, 0) is 4.79 Å². The van der Waals surface area contributed by atoms with Crippen LogP contribution in [0.3, 0.4) is 0 Å². The monoisotopic (exact) mass is 234 g/mol. The Kier molecular flexibility index (Phi) is 3.77. The number of benzene rings is 1. The molecular formula is C9H8ClFO2S. The summed E-state index contributed by atoms with van der Waals surface area (Å²) < 4.78 is 13.1. The maximum atomic E-state index is 13.1. The van der Waals surface area contributed by atoms with Gasteiger partial charge in [0.2, 0.25) is 0 Å². The molecule has 0 spiro atoms. The zero-order chi connectivity index (χ0) is 10.7. The van der Waals surface area contributed by atoms with Crippen LogP contribution in [0.1, 0.15) is 5.56 Å². The largest absolute Gasteiger partial charge is 0.481 e. The van der Waals surface area contributed by atoms with E-state index in [1.807, 2.05) is 0 Å². The number of rotatable bonds is 3. The lowest BCUT2D eigenvalue weighted by atomic mass is 10.2. The highest BCUT2D eigenvalue weighted by Crippen LogP contribution is 2.29. The zero-order valence-corrected chi connectivity index (χ0v) is 8.95. The van der Waals surface area contributed by atoms with Crippen molar-refractivity contribution in [1.82, 2.24) is 0 Å². The molecule has 5 heteroatoms. The summed E-state index contributed by atoms with van der Waals surface area (Å²) in [5.74, 6) is -1.45. The standard InChI is InChI=1S/C9H8ClFO2S/c1-5-2-6(10)8(3-7(5)11)14-4-9(12)13/h2-3H,4H2,1H3,(H,12,13). The van der Waals surface area contributed by atoms with E-state index in [0.29, 0.717) is 15.5 Å². The van der Waals surface area contributed by atoms with Crippen molar-refractivity contribution in [3.05, 3.63) is 28.5 Å². The van der Waals surface area contributed by atoms with Gasteiger partial charge in [-0.1, -0.05) is 11.6 Å². The number of carboxylic acids is 1. The molecule has 0 saturated heterocycles. The van der Waals surface area contributed by atoms with Gasteiger partial charge in [0.25, 0.3) is 0 Å². The summed E-state index contributed by atoms with van der Waals surface area (Å²) in [7, 11) is 0. The minimum atomic E-state index is -0.952. The minimum absolute atomic E-state index is 0.123. The summed E-state index contributed by atoms with van der Waals surface area (Å²) in [6.07, 6.45) is 0. The molecule has 1 aromatic carbocycles. The summed E-state index contributed by atoms with van der Waals surface area (Å²) in [6.45, 7) is 1.60. The first-order valence-corrected chi connectivity index (χ1v) is 5.17. The van der Waals surface area contributed by atoms with Crippen molar-refractivity contribution in [2.24, 2.45) is 0 Å². The van der Waals surface area contributed by atoms with Crippen LogP contribution in [-0.4, -0.2) is 16.8 Å². The maximum Gasteiger partial charge on any atom is 0.313 e. The van der Waals surface area contributed by atoms with Gasteiger partial charge in [-0.15, -0.1) is 11.8 Å². The molecule has 0 heterocycles. The Bertz CT molecular complexity index is 368. The maximum absolute atomic E-state index is 13.1. The Balaban J connectivity index is 2.87. The first-order chi connectivity index (χ1) is 6.50. The molecule has 0 fully saturated rings. The second-order valence-electron chi connectivity index (χ2n) is 2.71. The molecule has 1 N–H and O–H groups in total. The van der Waals surface area contributed by atoms with Gasteiger partial charge in [0.1, 0.15) is 5.82 Å². The van der Waals surface area contributed by atoms with Crippen molar-refractivity contribution in [1.29, 1.82) is 0 Å². The molecule has 0 bridgehead atoms. The fraction of sp³-hybridized carbons (Fsp3) is 0.222. The molecule has 1 aromatic rings. The quantitative estimate of drug-likeness (QED) is 0.817. The predicted molar refractivity (Wildman–Crippen MR) is 54.5 cm³/mol. The highest BCUT2D eigenvalue weighted by molar-refractivity contribution is 8.00. The third-order valence-electron chi connectivity index (χ3n) is 1.56. The van der Waals surface area contributed by atoms with Crippen molar-refractivity contribution in [2.75, 3.05) is 5.75 Å². The normalized spacial score (nSPS) is 10.2. The van der Waals surface area contributed by atoms with Crippen molar-refractivity contribution in [3.8, 4) is 0 Å². The lowest BCUT2D eigenvalue weighted by Gasteiger charge is -2.04. The summed E-state index contributed by atoms with van der Waals surface area (Å²) in [4.78, 5) is 10.7. The molecule has 0 aliphatic heterocycles. The van der Waals surface area contributed by atoms with Gasteiger partial charge in [-0.2, -0.15) is 0 Å². The molecule has 0 aromatic heterocycles. The molecular weight excluding hydrogens is 227 g/mol. The summed E-state index contributed by atoms with van der Waals surface area (Å²) in [6, 6.07) is 2.74. The van der Waals surface area contributed by atoms with Crippen LogP contribution in [0.2, 0.25) is 5.02 Å². The Morgan fingerprint density at radius 3 is 2.86 bits per heavy atom. The van der Waals surface area contributed by atoms with Crippen LogP contribution in [0.15, 0.2) is 17.0 Å². The molecule has 0 radical (unpaired) electrons. The van der Waals surface area contributed by atoms with E-state index >= 15 is 0 Å². The molecule has 1 rings (SSSR count). The number of halogens is 2. The van der Waals surface area contributed by atoms with Crippen LogP contribution in [0.4, 0.5) is 4.39 Å². The number of hydrogen-bond donors (Lipinski definition) is 1. The van der Waals surface area contributed by atoms with Gasteiger partial charge in [-0.05, 0) is 24.6 Å². The molecule has 14 heavy (non-hydrogen) atoms. The summed E-state index contributed by atoms with van der Waals surface area (Å²) in [5, 5.41) is 8.82. The van der Waals surface area contributed by atoms with E-state index in [0.717, 1.165) is 11.8 Å². The van der Waals surface area contributed by atoms with Crippen LogP contribution in [0, 0.1) is 12.7 Å². The number of aryl methyl sites for hydroxylation is 1. The highest BCUT2D eigenvalue weighted by Gasteiger charge is 2.07. The first kappa shape index (κ1) is 11.3.